The van der Waals surface area contributed by atoms with Crippen LogP contribution in [0.2, 0.25) is 0 Å². The minimum atomic E-state index is -4.35. The molecule has 0 aromatic carbocycles. The van der Waals surface area contributed by atoms with Crippen molar-refractivity contribution in [1.82, 2.24) is 4.98 Å². The molecule has 0 spiro atoms. The number of rotatable bonds is 1. The summed E-state index contributed by atoms with van der Waals surface area (Å²) < 4.78 is 35.3. The Labute approximate surface area is 70.4 Å². The first-order valence-corrected chi connectivity index (χ1v) is 3.68. The molecular weight excluding hydrogens is 189 g/mol. The lowest BCUT2D eigenvalue weighted by Crippen LogP contribution is -1.99. The van der Waals surface area contributed by atoms with Gasteiger partial charge in [0, 0.05) is 18.0 Å². The quantitative estimate of drug-likeness (QED) is 0.694. The Bertz CT molecular complexity index is 309. The zero-order valence-corrected chi connectivity index (χ0v) is 6.46. The van der Waals surface area contributed by atoms with Gasteiger partial charge < -0.3 is 4.98 Å². The minimum absolute atomic E-state index is 0.0114. The largest absolute Gasteiger partial charge is 0.447 e. The molecule has 64 valence electrons. The number of nitrogens with zero attached hydrogens (tertiary/aromatic N) is 1. The average molecular weight is 192 g/mol. The van der Waals surface area contributed by atoms with E-state index in [1.54, 1.807) is 6.07 Å². The Kier molecular flexibility index (Phi) is 2.33. The van der Waals surface area contributed by atoms with Gasteiger partial charge in [-0.1, -0.05) is 0 Å². The first kappa shape index (κ1) is 9.00. The van der Waals surface area contributed by atoms with Crippen molar-refractivity contribution in [3.8, 4) is 6.07 Å². The number of halogens is 3. The van der Waals surface area contributed by atoms with Gasteiger partial charge in [-0.15, -0.1) is 0 Å². The van der Waals surface area contributed by atoms with Crippen molar-refractivity contribution in [2.24, 2.45) is 0 Å². The lowest BCUT2D eigenvalue weighted by molar-refractivity contribution is -0.0329. The van der Waals surface area contributed by atoms with Crippen LogP contribution in [0.1, 0.15) is 5.56 Å². The molecule has 1 aromatic heterocycles. The van der Waals surface area contributed by atoms with E-state index in [-0.39, 0.29) is 22.4 Å². The van der Waals surface area contributed by atoms with Gasteiger partial charge in [-0.3, -0.25) is 0 Å². The van der Waals surface area contributed by atoms with Gasteiger partial charge in [0.25, 0.3) is 0 Å². The molecule has 0 aliphatic carbocycles. The number of hydrogen-bond donors (Lipinski definition) is 1. The number of thioether (sulfide) groups is 1. The monoisotopic (exact) mass is 192 g/mol. The molecule has 1 rings (SSSR count). The van der Waals surface area contributed by atoms with Crippen LogP contribution in [0.25, 0.3) is 0 Å². The third kappa shape index (κ3) is 2.20. The van der Waals surface area contributed by atoms with E-state index >= 15 is 0 Å². The van der Waals surface area contributed by atoms with Crippen molar-refractivity contribution in [2.75, 3.05) is 0 Å². The molecule has 6 heteroatoms. The topological polar surface area (TPSA) is 39.6 Å². The van der Waals surface area contributed by atoms with Crippen LogP contribution in [-0.2, 0) is 0 Å². The number of nitriles is 1. The van der Waals surface area contributed by atoms with Gasteiger partial charge in [-0.2, -0.15) is 18.4 Å². The highest BCUT2D eigenvalue weighted by molar-refractivity contribution is 8.00. The average Bonchev–Trinajstić information content (AvgIpc) is 2.31. The fraction of sp³-hybridized carbons (Fsp3) is 0.167. The molecule has 1 N–H and O–H groups in total. The van der Waals surface area contributed by atoms with Gasteiger partial charge >= 0.3 is 5.51 Å². The van der Waals surface area contributed by atoms with Gasteiger partial charge in [0.2, 0.25) is 0 Å². The molecule has 0 unspecified atom stereocenters. The number of H-pyrrole nitrogens is 1. The lowest BCUT2D eigenvalue weighted by atomic mass is 10.4. The Morgan fingerprint density at radius 2 is 2.17 bits per heavy atom. The van der Waals surface area contributed by atoms with Gasteiger partial charge in [-0.25, -0.2) is 0 Å². The standard InChI is InChI=1S/C6H3F3N2S/c7-6(8,9)12-5-4(3-10)1-2-11-5/h1-2,11H. The molecule has 0 atom stereocenters. The van der Waals surface area contributed by atoms with Crippen LogP contribution < -0.4 is 0 Å². The zero-order valence-electron chi connectivity index (χ0n) is 5.64. The van der Waals surface area contributed by atoms with Crippen LogP contribution in [0.4, 0.5) is 13.2 Å². The van der Waals surface area contributed by atoms with E-state index < -0.39 is 5.51 Å². The Morgan fingerprint density at radius 3 is 2.67 bits per heavy atom. The summed E-state index contributed by atoms with van der Waals surface area (Å²) in [5.74, 6) is 0. The maximum Gasteiger partial charge on any atom is 0.447 e. The van der Waals surface area contributed by atoms with Crippen molar-refractivity contribution in [1.29, 1.82) is 5.26 Å². The molecular formula is C6H3F3N2S. The van der Waals surface area contributed by atoms with Crippen LogP contribution in [0.5, 0.6) is 0 Å². The molecule has 0 amide bonds. The fourth-order valence-corrected chi connectivity index (χ4v) is 1.22. The predicted octanol–water partition coefficient (Wildman–Crippen LogP) is 2.50. The fourth-order valence-electron chi connectivity index (χ4n) is 0.642. The molecule has 0 aliphatic heterocycles. The summed E-state index contributed by atoms with van der Waals surface area (Å²) in [6.45, 7) is 0. The molecule has 0 saturated carbocycles. The van der Waals surface area contributed by atoms with E-state index in [4.69, 9.17) is 5.26 Å². The summed E-state index contributed by atoms with van der Waals surface area (Å²) in [6.07, 6.45) is 1.30. The van der Waals surface area contributed by atoms with Crippen LogP contribution in [0.15, 0.2) is 17.3 Å². The first-order chi connectivity index (χ1) is 5.53. The Morgan fingerprint density at radius 1 is 1.50 bits per heavy atom. The van der Waals surface area contributed by atoms with Crippen molar-refractivity contribution in [3.63, 3.8) is 0 Å². The highest BCUT2D eigenvalue weighted by Gasteiger charge is 2.31. The maximum absolute atomic E-state index is 11.8. The van der Waals surface area contributed by atoms with E-state index in [2.05, 4.69) is 4.98 Å². The van der Waals surface area contributed by atoms with Crippen LogP contribution in [0.3, 0.4) is 0 Å². The smallest absolute Gasteiger partial charge is 0.355 e. The van der Waals surface area contributed by atoms with Crippen molar-refractivity contribution >= 4 is 11.8 Å². The van der Waals surface area contributed by atoms with E-state index in [0.29, 0.717) is 0 Å². The summed E-state index contributed by atoms with van der Waals surface area (Å²) in [5, 5.41) is 8.19. The highest BCUT2D eigenvalue weighted by atomic mass is 32.2. The van der Waals surface area contributed by atoms with Crippen LogP contribution in [0, 0.1) is 11.3 Å². The SMILES string of the molecule is N#Cc1cc[nH]c1SC(F)(F)F. The second-order valence-electron chi connectivity index (χ2n) is 1.88. The third-order valence-electron chi connectivity index (χ3n) is 1.05. The second-order valence-corrected chi connectivity index (χ2v) is 2.96. The van der Waals surface area contributed by atoms with E-state index in [0.717, 1.165) is 0 Å². The van der Waals surface area contributed by atoms with Gasteiger partial charge in [0.1, 0.15) is 6.07 Å². The highest BCUT2D eigenvalue weighted by Crippen LogP contribution is 2.37. The van der Waals surface area contributed by atoms with Crippen molar-refractivity contribution in [3.05, 3.63) is 17.8 Å². The molecule has 1 aromatic rings. The normalized spacial score (nSPS) is 11.2. The summed E-state index contributed by atoms with van der Waals surface area (Å²) in [4.78, 5) is 2.33. The molecule has 0 saturated heterocycles. The number of aromatic nitrogens is 1. The minimum Gasteiger partial charge on any atom is -0.355 e. The summed E-state index contributed by atoms with van der Waals surface area (Å²) in [6, 6.07) is 2.95. The number of hydrogen-bond acceptors (Lipinski definition) is 2. The predicted molar refractivity (Wildman–Crippen MR) is 37.4 cm³/mol. The van der Waals surface area contributed by atoms with E-state index in [9.17, 15) is 13.2 Å². The third-order valence-corrected chi connectivity index (χ3v) is 1.82. The van der Waals surface area contributed by atoms with Crippen molar-refractivity contribution in [2.45, 2.75) is 10.5 Å². The number of alkyl halides is 3. The number of aromatic amines is 1. The molecule has 12 heavy (non-hydrogen) atoms. The molecule has 0 aliphatic rings. The van der Waals surface area contributed by atoms with Crippen molar-refractivity contribution < 1.29 is 13.2 Å². The van der Waals surface area contributed by atoms with Crippen LogP contribution >= 0.6 is 11.8 Å². The molecule has 0 radical (unpaired) electrons. The molecule has 0 bridgehead atoms. The van der Waals surface area contributed by atoms with Gasteiger partial charge in [0.15, 0.2) is 0 Å². The summed E-state index contributed by atoms with van der Waals surface area (Å²) in [5.41, 5.74) is -4.34. The summed E-state index contributed by atoms with van der Waals surface area (Å²) in [7, 11) is 0. The van der Waals surface area contributed by atoms with Gasteiger partial charge in [-0.05, 0) is 6.07 Å². The molecule has 2 nitrogen and oxygen atoms in total. The maximum atomic E-state index is 11.8. The molecule has 0 fully saturated rings. The molecule has 1 heterocycles. The summed E-state index contributed by atoms with van der Waals surface area (Å²) >= 11 is -0.319. The zero-order chi connectivity index (χ0) is 9.19. The Hall–Kier alpha value is -1.09. The Balaban J connectivity index is 2.84. The van der Waals surface area contributed by atoms with E-state index in [1.165, 1.54) is 12.3 Å². The first-order valence-electron chi connectivity index (χ1n) is 2.86. The second kappa shape index (κ2) is 3.11. The van der Waals surface area contributed by atoms with Crippen LogP contribution in [-0.4, -0.2) is 10.5 Å². The number of nitrogens with one attached hydrogen (secondary N) is 1. The lowest BCUT2D eigenvalue weighted by Gasteiger charge is -2.02. The van der Waals surface area contributed by atoms with E-state index in [1.807, 2.05) is 0 Å². The van der Waals surface area contributed by atoms with Gasteiger partial charge in [0.05, 0.1) is 10.6 Å².